The molecule has 150 valence electrons. The molecular weight excluding hydrogens is 421 g/mol. The van der Waals surface area contributed by atoms with Crippen molar-refractivity contribution in [3.63, 3.8) is 0 Å². The Hall–Kier alpha value is -0.710. The van der Waals surface area contributed by atoms with E-state index in [9.17, 15) is 9.18 Å². The molecule has 0 aliphatic heterocycles. The Labute approximate surface area is 179 Å². The number of thiol groups is 1. The number of thiophene rings is 1. The maximum atomic E-state index is 12.8. The number of nitrogens with one attached hydrogen (secondary N) is 3. The van der Waals surface area contributed by atoms with Gasteiger partial charge in [-0.1, -0.05) is 13.3 Å². The topological polar surface area (TPSA) is 53.2 Å². The Morgan fingerprint density at radius 1 is 1.19 bits per heavy atom. The summed E-state index contributed by atoms with van der Waals surface area (Å²) in [5.41, 5.74) is 0.850. The molecule has 1 amide bonds. The molecule has 2 aromatic rings. The predicted octanol–water partition coefficient (Wildman–Crippen LogP) is 5.37. The third kappa shape index (κ3) is 9.87. The molecule has 3 N–H and O–H groups in total. The first kappa shape index (κ1) is 24.3. The molecule has 0 unspecified atom stereocenters. The van der Waals surface area contributed by atoms with Crippen LogP contribution in [0.1, 0.15) is 24.6 Å². The number of benzene rings is 1. The molecule has 27 heavy (non-hydrogen) atoms. The molecule has 9 heteroatoms. The van der Waals surface area contributed by atoms with Crippen LogP contribution in [0.25, 0.3) is 0 Å². The lowest BCUT2D eigenvalue weighted by molar-refractivity contribution is -0.115. The third-order valence-electron chi connectivity index (χ3n) is 3.21. The van der Waals surface area contributed by atoms with Crippen molar-refractivity contribution >= 4 is 59.5 Å². The van der Waals surface area contributed by atoms with E-state index in [1.807, 2.05) is 13.0 Å². The minimum atomic E-state index is -0.270. The summed E-state index contributed by atoms with van der Waals surface area (Å²) in [6.07, 6.45) is 4.01. The third-order valence-corrected chi connectivity index (χ3v) is 6.02. The number of aryl methyl sites for hydroxylation is 1. The van der Waals surface area contributed by atoms with Gasteiger partial charge in [0.2, 0.25) is 5.91 Å². The van der Waals surface area contributed by atoms with E-state index >= 15 is 0 Å². The highest BCUT2D eigenvalue weighted by Gasteiger charge is 2.09. The van der Waals surface area contributed by atoms with E-state index in [0.717, 1.165) is 32.6 Å². The Kier molecular flexibility index (Phi) is 12.9. The number of halogens is 1. The Morgan fingerprint density at radius 2 is 1.89 bits per heavy atom. The first-order valence-electron chi connectivity index (χ1n) is 8.48. The van der Waals surface area contributed by atoms with Crippen molar-refractivity contribution in [3.05, 3.63) is 41.0 Å². The van der Waals surface area contributed by atoms with Gasteiger partial charge < -0.3 is 5.32 Å². The molecule has 1 aromatic heterocycles. The minimum absolute atomic E-state index is 0.106. The normalized spacial score (nSPS) is 10.3. The van der Waals surface area contributed by atoms with E-state index in [4.69, 9.17) is 0 Å². The van der Waals surface area contributed by atoms with Crippen LogP contribution in [-0.4, -0.2) is 25.3 Å². The number of rotatable bonds is 10. The van der Waals surface area contributed by atoms with Gasteiger partial charge in [0, 0.05) is 16.3 Å². The first-order chi connectivity index (χ1) is 13.1. The van der Waals surface area contributed by atoms with Crippen molar-refractivity contribution < 1.29 is 9.18 Å². The van der Waals surface area contributed by atoms with Crippen LogP contribution < -0.4 is 14.8 Å². The predicted molar refractivity (Wildman–Crippen MR) is 122 cm³/mol. The van der Waals surface area contributed by atoms with Gasteiger partial charge >= 0.3 is 0 Å². The van der Waals surface area contributed by atoms with E-state index < -0.39 is 0 Å². The maximum Gasteiger partial charge on any atom is 0.239 e. The molecule has 1 aromatic carbocycles. The highest BCUT2D eigenvalue weighted by atomic mass is 32.2. The minimum Gasteiger partial charge on any atom is -0.324 e. The number of carbonyl (C=O) groups is 1. The van der Waals surface area contributed by atoms with Gasteiger partial charge in [-0.05, 0) is 73.8 Å². The molecule has 1 heterocycles. The molecule has 0 fully saturated rings. The quantitative estimate of drug-likeness (QED) is 0.224. The number of unbranched alkanes of at least 4 members (excludes halogenated alkanes) is 1. The van der Waals surface area contributed by atoms with Crippen LogP contribution in [0.4, 0.5) is 10.1 Å². The van der Waals surface area contributed by atoms with Crippen LogP contribution in [-0.2, 0) is 4.79 Å². The van der Waals surface area contributed by atoms with E-state index in [2.05, 4.69) is 34.3 Å². The Balaban J connectivity index is 0.00000176. The molecule has 0 radical (unpaired) electrons. The second-order valence-electron chi connectivity index (χ2n) is 5.31. The highest BCUT2D eigenvalue weighted by Crippen LogP contribution is 2.32. The molecule has 2 rings (SSSR count). The molecule has 0 bridgehead atoms. The number of hydrogen-bond acceptors (Lipinski definition) is 7. The van der Waals surface area contributed by atoms with Crippen LogP contribution in [0, 0.1) is 12.7 Å². The van der Waals surface area contributed by atoms with E-state index in [-0.39, 0.29) is 18.3 Å². The molecule has 0 spiro atoms. The van der Waals surface area contributed by atoms with Gasteiger partial charge in [0.25, 0.3) is 0 Å². The summed E-state index contributed by atoms with van der Waals surface area (Å²) in [5, 5.41) is 2.92. The van der Waals surface area contributed by atoms with Crippen LogP contribution in [0.2, 0.25) is 0 Å². The average molecular weight is 448 g/mol. The molecule has 0 atom stereocenters. The summed E-state index contributed by atoms with van der Waals surface area (Å²) < 4.78 is 20.3. The van der Waals surface area contributed by atoms with Crippen LogP contribution >= 0.6 is 47.9 Å². The SMILES string of the molecule is CCCCNSc1cc(NC(=O)CNSc2ccc(F)cc2)c(C)s1.CS. The Morgan fingerprint density at radius 3 is 2.56 bits per heavy atom. The van der Waals surface area contributed by atoms with Gasteiger partial charge in [0.1, 0.15) is 5.82 Å². The largest absolute Gasteiger partial charge is 0.324 e. The van der Waals surface area contributed by atoms with Crippen molar-refractivity contribution in [2.45, 2.75) is 35.8 Å². The Bertz CT molecular complexity index is 680. The summed E-state index contributed by atoms with van der Waals surface area (Å²) in [4.78, 5) is 14.0. The average Bonchev–Trinajstić information content (AvgIpc) is 3.01. The zero-order valence-corrected chi connectivity index (χ0v) is 19.0. The monoisotopic (exact) mass is 447 g/mol. The summed E-state index contributed by atoms with van der Waals surface area (Å²) in [6.45, 7) is 5.31. The van der Waals surface area contributed by atoms with E-state index in [1.54, 1.807) is 41.7 Å². The number of anilines is 1. The van der Waals surface area contributed by atoms with Gasteiger partial charge in [-0.25, -0.2) is 4.39 Å². The summed E-state index contributed by atoms with van der Waals surface area (Å²) in [6, 6.07) is 8.12. The molecule has 0 saturated heterocycles. The zero-order valence-electron chi connectivity index (χ0n) is 15.7. The number of amides is 1. The van der Waals surface area contributed by atoms with Crippen molar-refractivity contribution in [1.82, 2.24) is 9.44 Å². The number of carbonyl (C=O) groups excluding carboxylic acids is 1. The fraction of sp³-hybridized carbons (Fsp3) is 0.389. The second kappa shape index (κ2) is 14.3. The maximum absolute atomic E-state index is 12.8. The van der Waals surface area contributed by atoms with Gasteiger partial charge in [0.05, 0.1) is 16.4 Å². The van der Waals surface area contributed by atoms with Gasteiger partial charge in [-0.3, -0.25) is 14.2 Å². The fourth-order valence-electron chi connectivity index (χ4n) is 1.88. The lowest BCUT2D eigenvalue weighted by atomic mass is 10.3. The van der Waals surface area contributed by atoms with Crippen molar-refractivity contribution in [1.29, 1.82) is 0 Å². The lowest BCUT2D eigenvalue weighted by Gasteiger charge is -2.06. The van der Waals surface area contributed by atoms with Crippen molar-refractivity contribution in [2.75, 3.05) is 24.7 Å². The van der Waals surface area contributed by atoms with E-state index in [1.165, 1.54) is 30.5 Å². The van der Waals surface area contributed by atoms with E-state index in [0.29, 0.717) is 0 Å². The standard InChI is InChI=1S/C17H22FN3OS3.CH4S/c1-3-4-9-19-25-17-10-15(12(2)23-17)21-16(22)11-20-24-14-7-5-13(18)6-8-14;1-2/h5-8,10,19-20H,3-4,9,11H2,1-2H3,(H,21,22);2H,1H3. The zero-order chi connectivity index (χ0) is 20.1. The number of hydrogen-bond donors (Lipinski definition) is 4. The van der Waals surface area contributed by atoms with Crippen LogP contribution in [0.3, 0.4) is 0 Å². The van der Waals surface area contributed by atoms with Gasteiger partial charge in [-0.15, -0.1) is 11.3 Å². The molecule has 0 aliphatic carbocycles. The fourth-order valence-corrected chi connectivity index (χ4v) is 4.51. The van der Waals surface area contributed by atoms with Crippen LogP contribution in [0.5, 0.6) is 0 Å². The second-order valence-corrected chi connectivity index (χ2v) is 8.72. The highest BCUT2D eigenvalue weighted by molar-refractivity contribution is 7.99. The van der Waals surface area contributed by atoms with Crippen LogP contribution in [0.15, 0.2) is 39.4 Å². The summed E-state index contributed by atoms with van der Waals surface area (Å²) >= 11 is 8.10. The lowest BCUT2D eigenvalue weighted by Crippen LogP contribution is -2.23. The molecule has 0 aliphatic rings. The van der Waals surface area contributed by atoms with Gasteiger partial charge in [-0.2, -0.15) is 12.6 Å². The molecule has 0 saturated carbocycles. The van der Waals surface area contributed by atoms with Crippen molar-refractivity contribution in [3.8, 4) is 0 Å². The summed E-state index contributed by atoms with van der Waals surface area (Å²) in [5.74, 6) is -0.376. The smallest absolute Gasteiger partial charge is 0.239 e. The molecule has 4 nitrogen and oxygen atoms in total. The van der Waals surface area contributed by atoms with Gasteiger partial charge in [0.15, 0.2) is 0 Å². The first-order valence-corrected chi connectivity index (χ1v) is 11.8. The van der Waals surface area contributed by atoms with Crippen molar-refractivity contribution in [2.24, 2.45) is 0 Å². The molecular formula is C18H26FN3OS4. The summed E-state index contributed by atoms with van der Waals surface area (Å²) in [7, 11) is 0.